The van der Waals surface area contributed by atoms with Crippen LogP contribution in [-0.2, 0) is 16.1 Å². The molecule has 0 unspecified atom stereocenters. The lowest BCUT2D eigenvalue weighted by Crippen LogP contribution is -2.36. The second-order valence-electron chi connectivity index (χ2n) is 6.87. The Morgan fingerprint density at radius 1 is 1.06 bits per heavy atom. The van der Waals surface area contributed by atoms with Gasteiger partial charge >= 0.3 is 0 Å². The van der Waals surface area contributed by atoms with Gasteiger partial charge in [0.05, 0.1) is 25.7 Å². The van der Waals surface area contributed by atoms with E-state index in [9.17, 15) is 19.7 Å². The first-order valence-corrected chi connectivity index (χ1v) is 10.5. The summed E-state index contributed by atoms with van der Waals surface area (Å²) in [6.07, 6.45) is -0.0304. The fourth-order valence-corrected chi connectivity index (χ4v) is 3.99. The highest BCUT2D eigenvalue weighted by atomic mass is 79.9. The minimum Gasteiger partial charge on any atom is -0.497 e. The standard InChI is InChI=1S/C23H21BrN2O6/c1-4-20(27)23(28)25(13-14-9-10-15(31-2)11-21(14)32-3)22-17-8-6-5-7-16(17)18(24)12-19(22)26(29)30/h5-12H,4,13H2,1-3H3. The number of hydrogen-bond acceptors (Lipinski definition) is 6. The van der Waals surface area contributed by atoms with Crippen LogP contribution in [0.15, 0.2) is 53.0 Å². The van der Waals surface area contributed by atoms with Crippen molar-refractivity contribution in [3.05, 3.63) is 68.7 Å². The van der Waals surface area contributed by atoms with Crippen LogP contribution in [-0.4, -0.2) is 30.8 Å². The van der Waals surface area contributed by atoms with Gasteiger partial charge in [0, 0.05) is 34.0 Å². The molecule has 0 saturated heterocycles. The number of carbonyl (C=O) groups excluding carboxylic acids is 2. The number of Topliss-reactive ketones (excluding diaryl/α,β-unsaturated/α-hetero) is 1. The van der Waals surface area contributed by atoms with Gasteiger partial charge in [0.2, 0.25) is 5.78 Å². The quantitative estimate of drug-likeness (QED) is 0.244. The van der Waals surface area contributed by atoms with Crippen molar-refractivity contribution in [3.8, 4) is 11.5 Å². The normalized spacial score (nSPS) is 10.6. The van der Waals surface area contributed by atoms with Gasteiger partial charge in [-0.05, 0) is 33.4 Å². The number of nitro groups is 1. The number of nitrogens with zero attached hydrogens (tertiary/aromatic N) is 2. The van der Waals surface area contributed by atoms with Crippen LogP contribution in [0.5, 0.6) is 11.5 Å². The van der Waals surface area contributed by atoms with Crippen LogP contribution in [0.25, 0.3) is 10.8 Å². The first-order chi connectivity index (χ1) is 15.3. The number of ketones is 1. The first kappa shape index (κ1) is 23.2. The van der Waals surface area contributed by atoms with E-state index >= 15 is 0 Å². The molecule has 0 heterocycles. The molecule has 3 aromatic rings. The average Bonchev–Trinajstić information content (AvgIpc) is 2.81. The molecular formula is C23H21BrN2O6. The molecule has 0 aliphatic heterocycles. The van der Waals surface area contributed by atoms with Crippen molar-refractivity contribution in [3.63, 3.8) is 0 Å². The molecule has 9 heteroatoms. The highest BCUT2D eigenvalue weighted by molar-refractivity contribution is 9.10. The molecular weight excluding hydrogens is 480 g/mol. The lowest BCUT2D eigenvalue weighted by atomic mass is 10.0. The van der Waals surface area contributed by atoms with E-state index in [2.05, 4.69) is 15.9 Å². The topological polar surface area (TPSA) is 99.0 Å². The first-order valence-electron chi connectivity index (χ1n) is 9.73. The molecule has 0 saturated carbocycles. The Morgan fingerprint density at radius 3 is 2.34 bits per heavy atom. The van der Waals surface area contributed by atoms with Crippen molar-refractivity contribution in [2.75, 3.05) is 19.1 Å². The molecule has 0 spiro atoms. The number of amides is 1. The van der Waals surface area contributed by atoms with E-state index in [1.807, 2.05) is 0 Å². The van der Waals surface area contributed by atoms with Crippen LogP contribution in [0.3, 0.4) is 0 Å². The third-order valence-electron chi connectivity index (χ3n) is 5.04. The molecule has 0 aliphatic carbocycles. The average molecular weight is 501 g/mol. The van der Waals surface area contributed by atoms with Gasteiger partial charge in [0.1, 0.15) is 17.2 Å². The maximum atomic E-state index is 13.2. The van der Waals surface area contributed by atoms with Gasteiger partial charge in [-0.15, -0.1) is 0 Å². The molecule has 166 valence electrons. The van der Waals surface area contributed by atoms with Crippen molar-refractivity contribution in [2.45, 2.75) is 19.9 Å². The molecule has 0 aliphatic rings. The lowest BCUT2D eigenvalue weighted by Gasteiger charge is -2.25. The molecule has 0 fully saturated rings. The van der Waals surface area contributed by atoms with Crippen molar-refractivity contribution >= 4 is 49.8 Å². The number of benzene rings is 3. The van der Waals surface area contributed by atoms with E-state index in [1.54, 1.807) is 49.4 Å². The smallest absolute Gasteiger partial charge is 0.294 e. The van der Waals surface area contributed by atoms with Crippen molar-refractivity contribution in [1.82, 2.24) is 0 Å². The fraction of sp³-hybridized carbons (Fsp3) is 0.217. The van der Waals surface area contributed by atoms with Gasteiger partial charge in [-0.3, -0.25) is 24.6 Å². The zero-order chi connectivity index (χ0) is 23.4. The zero-order valence-corrected chi connectivity index (χ0v) is 19.3. The summed E-state index contributed by atoms with van der Waals surface area (Å²) in [7, 11) is 2.99. The summed E-state index contributed by atoms with van der Waals surface area (Å²) in [5.74, 6) is -0.511. The Bertz CT molecular complexity index is 1210. The maximum absolute atomic E-state index is 13.2. The molecule has 0 atom stereocenters. The number of methoxy groups -OCH3 is 2. The highest BCUT2D eigenvalue weighted by Crippen LogP contribution is 2.41. The molecule has 8 nitrogen and oxygen atoms in total. The third kappa shape index (κ3) is 4.43. The summed E-state index contributed by atoms with van der Waals surface area (Å²) >= 11 is 3.38. The molecule has 0 aromatic heterocycles. The highest BCUT2D eigenvalue weighted by Gasteiger charge is 2.31. The van der Waals surface area contributed by atoms with Gasteiger partial charge in [0.15, 0.2) is 0 Å². The van der Waals surface area contributed by atoms with Gasteiger partial charge in [0.25, 0.3) is 11.6 Å². The summed E-state index contributed by atoms with van der Waals surface area (Å²) in [4.78, 5) is 38.2. The van der Waals surface area contributed by atoms with Gasteiger partial charge in [-0.1, -0.05) is 31.2 Å². The summed E-state index contributed by atoms with van der Waals surface area (Å²) in [5.41, 5.74) is 0.325. The van der Waals surface area contributed by atoms with Crippen molar-refractivity contribution < 1.29 is 24.0 Å². The predicted octanol–water partition coefficient (Wildman–Crippen LogP) is 5.04. The van der Waals surface area contributed by atoms with Crippen LogP contribution in [0.4, 0.5) is 11.4 Å². The van der Waals surface area contributed by atoms with E-state index < -0.39 is 16.6 Å². The number of anilines is 1. The Hall–Kier alpha value is -3.46. The fourth-order valence-electron chi connectivity index (χ4n) is 3.43. The minimum atomic E-state index is -0.832. The number of hydrogen-bond donors (Lipinski definition) is 0. The lowest BCUT2D eigenvalue weighted by molar-refractivity contribution is -0.384. The number of rotatable bonds is 8. The number of halogens is 1. The molecule has 32 heavy (non-hydrogen) atoms. The number of carbonyl (C=O) groups is 2. The molecule has 0 bridgehead atoms. The SMILES string of the molecule is CCC(=O)C(=O)N(Cc1ccc(OC)cc1OC)c1c([N+](=O)[O-])cc(Br)c2ccccc12. The largest absolute Gasteiger partial charge is 0.497 e. The summed E-state index contributed by atoms with van der Waals surface area (Å²) in [5, 5.41) is 13.1. The Morgan fingerprint density at radius 2 is 1.75 bits per heavy atom. The van der Waals surface area contributed by atoms with Gasteiger partial charge in [-0.25, -0.2) is 0 Å². The second-order valence-corrected chi connectivity index (χ2v) is 7.73. The molecule has 3 aromatic carbocycles. The third-order valence-corrected chi connectivity index (χ3v) is 5.70. The van der Waals surface area contributed by atoms with Gasteiger partial charge < -0.3 is 9.47 Å². The van der Waals surface area contributed by atoms with E-state index in [-0.39, 0.29) is 24.3 Å². The van der Waals surface area contributed by atoms with Crippen molar-refractivity contribution in [2.24, 2.45) is 0 Å². The minimum absolute atomic E-state index is 0.0304. The monoisotopic (exact) mass is 500 g/mol. The zero-order valence-electron chi connectivity index (χ0n) is 17.8. The molecule has 3 rings (SSSR count). The van der Waals surface area contributed by atoms with Crippen LogP contribution in [0, 0.1) is 10.1 Å². The van der Waals surface area contributed by atoms with E-state index in [1.165, 1.54) is 20.3 Å². The Balaban J connectivity index is 2.29. The van der Waals surface area contributed by atoms with Gasteiger partial charge in [-0.2, -0.15) is 0 Å². The summed E-state index contributed by atoms with van der Waals surface area (Å²) in [6.45, 7) is 1.46. The number of ether oxygens (including phenoxy) is 2. The molecule has 0 N–H and O–H groups in total. The number of nitro benzene ring substituents is 1. The van der Waals surface area contributed by atoms with Crippen molar-refractivity contribution in [1.29, 1.82) is 0 Å². The van der Waals surface area contributed by atoms with Crippen LogP contribution in [0.2, 0.25) is 0 Å². The second kappa shape index (κ2) is 9.78. The van der Waals surface area contributed by atoms with Crippen LogP contribution in [0.1, 0.15) is 18.9 Å². The number of fused-ring (bicyclic) bond motifs is 1. The van der Waals surface area contributed by atoms with E-state index in [4.69, 9.17) is 9.47 Å². The Kier molecular flexibility index (Phi) is 7.09. The maximum Gasteiger partial charge on any atom is 0.294 e. The summed E-state index contributed by atoms with van der Waals surface area (Å²) < 4.78 is 11.2. The summed E-state index contributed by atoms with van der Waals surface area (Å²) in [6, 6.07) is 13.4. The van der Waals surface area contributed by atoms with E-state index in [0.717, 1.165) is 4.90 Å². The van der Waals surface area contributed by atoms with E-state index in [0.29, 0.717) is 32.3 Å². The molecule has 1 amide bonds. The Labute approximate surface area is 193 Å². The van der Waals surface area contributed by atoms with Crippen LogP contribution >= 0.6 is 15.9 Å². The predicted molar refractivity (Wildman–Crippen MR) is 124 cm³/mol. The molecule has 0 radical (unpaired) electrons. The van der Waals surface area contributed by atoms with Crippen LogP contribution < -0.4 is 14.4 Å².